The minimum atomic E-state index is -0.453. The van der Waals surface area contributed by atoms with Crippen molar-refractivity contribution in [1.82, 2.24) is 15.1 Å². The number of rotatable bonds is 5. The summed E-state index contributed by atoms with van der Waals surface area (Å²) in [6.45, 7) is 2.00. The molecule has 8 nitrogen and oxygen atoms in total. The number of fused-ring (bicyclic) bond motifs is 1. The molecule has 1 aromatic carbocycles. The van der Waals surface area contributed by atoms with Gasteiger partial charge < -0.3 is 4.42 Å². The number of benzene rings is 1. The highest BCUT2D eigenvalue weighted by atomic mass is 32.1. The molecule has 1 N–H and O–H groups in total. The van der Waals surface area contributed by atoms with Crippen LogP contribution in [0.4, 0.5) is 5.13 Å². The van der Waals surface area contributed by atoms with Crippen molar-refractivity contribution in [3.05, 3.63) is 64.1 Å². The van der Waals surface area contributed by atoms with Gasteiger partial charge in [0.2, 0.25) is 5.13 Å². The summed E-state index contributed by atoms with van der Waals surface area (Å²) >= 11 is 1.29. The van der Waals surface area contributed by atoms with Crippen LogP contribution in [0.5, 0.6) is 0 Å². The molecule has 3 amide bonds. The van der Waals surface area contributed by atoms with Crippen molar-refractivity contribution in [3.63, 3.8) is 0 Å². The van der Waals surface area contributed by atoms with Crippen molar-refractivity contribution in [2.45, 2.75) is 19.9 Å². The van der Waals surface area contributed by atoms with Crippen LogP contribution >= 0.6 is 11.3 Å². The maximum atomic E-state index is 12.6. The molecule has 136 valence electrons. The van der Waals surface area contributed by atoms with Crippen molar-refractivity contribution in [3.8, 4) is 0 Å². The van der Waals surface area contributed by atoms with Crippen molar-refractivity contribution < 1.29 is 18.8 Å². The highest BCUT2D eigenvalue weighted by Gasteiger charge is 2.36. The van der Waals surface area contributed by atoms with E-state index in [4.69, 9.17) is 4.42 Å². The third-order valence-electron chi connectivity index (χ3n) is 4.12. The second-order valence-electron chi connectivity index (χ2n) is 5.84. The number of hydrogen-bond donors (Lipinski definition) is 1. The lowest BCUT2D eigenvalue weighted by atomic mass is 10.1. The van der Waals surface area contributed by atoms with Gasteiger partial charge in [-0.25, -0.2) is 0 Å². The molecule has 1 aliphatic heterocycles. The molecule has 0 aliphatic carbocycles. The van der Waals surface area contributed by atoms with E-state index in [0.717, 1.165) is 16.3 Å². The third kappa shape index (κ3) is 3.13. The standard InChI is InChI=1S/C18H14N4O4S/c1-2-14-20-21-18(27-14)19-15(23)10-5-6-12-13(8-10)17(25)22(16(12)24)9-11-4-3-7-26-11/h3-8H,2,9H2,1H3,(H,19,21,23). The third-order valence-corrected chi connectivity index (χ3v) is 5.10. The zero-order valence-electron chi connectivity index (χ0n) is 14.3. The van der Waals surface area contributed by atoms with Gasteiger partial charge in [0.15, 0.2) is 0 Å². The summed E-state index contributed by atoms with van der Waals surface area (Å²) in [6.07, 6.45) is 2.21. The summed E-state index contributed by atoms with van der Waals surface area (Å²) in [5.41, 5.74) is 0.737. The number of aryl methyl sites for hydroxylation is 1. The van der Waals surface area contributed by atoms with Gasteiger partial charge in [-0.15, -0.1) is 10.2 Å². The molecule has 1 aliphatic rings. The van der Waals surface area contributed by atoms with E-state index in [1.165, 1.54) is 35.8 Å². The van der Waals surface area contributed by atoms with Gasteiger partial charge in [0.05, 0.1) is 23.9 Å². The molecule has 3 heterocycles. The van der Waals surface area contributed by atoms with Gasteiger partial charge in [-0.3, -0.25) is 24.6 Å². The number of imide groups is 1. The fourth-order valence-electron chi connectivity index (χ4n) is 2.75. The maximum Gasteiger partial charge on any atom is 0.261 e. The molecule has 0 atom stereocenters. The Kier molecular flexibility index (Phi) is 4.28. The molecule has 4 rings (SSSR count). The lowest BCUT2D eigenvalue weighted by molar-refractivity contribution is 0.0631. The van der Waals surface area contributed by atoms with E-state index >= 15 is 0 Å². The SMILES string of the molecule is CCc1nnc(NC(=O)c2ccc3c(c2)C(=O)N(Cc2ccco2)C3=O)s1. The summed E-state index contributed by atoms with van der Waals surface area (Å²) in [5, 5.41) is 11.7. The molecular weight excluding hydrogens is 368 g/mol. The van der Waals surface area contributed by atoms with Gasteiger partial charge >= 0.3 is 0 Å². The van der Waals surface area contributed by atoms with Crippen molar-refractivity contribution in [1.29, 1.82) is 0 Å². The maximum absolute atomic E-state index is 12.6. The van der Waals surface area contributed by atoms with E-state index in [1.807, 2.05) is 6.92 Å². The molecule has 27 heavy (non-hydrogen) atoms. The van der Waals surface area contributed by atoms with Crippen LogP contribution in [0.15, 0.2) is 41.0 Å². The number of anilines is 1. The molecular formula is C18H14N4O4S. The van der Waals surface area contributed by atoms with Gasteiger partial charge in [-0.2, -0.15) is 0 Å². The molecule has 0 saturated heterocycles. The number of hydrogen-bond acceptors (Lipinski definition) is 7. The zero-order valence-corrected chi connectivity index (χ0v) is 15.1. The lowest BCUT2D eigenvalue weighted by Gasteiger charge is -2.11. The highest BCUT2D eigenvalue weighted by Crippen LogP contribution is 2.26. The number of furan rings is 1. The molecule has 0 radical (unpaired) electrons. The normalized spacial score (nSPS) is 13.1. The molecule has 3 aromatic rings. The van der Waals surface area contributed by atoms with E-state index in [-0.39, 0.29) is 23.2 Å². The van der Waals surface area contributed by atoms with Crippen LogP contribution in [-0.4, -0.2) is 32.8 Å². The predicted molar refractivity (Wildman–Crippen MR) is 96.6 cm³/mol. The smallest absolute Gasteiger partial charge is 0.261 e. The summed E-state index contributed by atoms with van der Waals surface area (Å²) in [5.74, 6) is -0.771. The molecule has 0 saturated carbocycles. The first-order valence-corrected chi connectivity index (χ1v) is 9.05. The van der Waals surface area contributed by atoms with E-state index in [2.05, 4.69) is 15.5 Å². The highest BCUT2D eigenvalue weighted by molar-refractivity contribution is 7.15. The van der Waals surface area contributed by atoms with Gasteiger partial charge in [0, 0.05) is 5.56 Å². The fourth-order valence-corrected chi connectivity index (χ4v) is 3.42. The largest absolute Gasteiger partial charge is 0.467 e. The predicted octanol–water partition coefficient (Wildman–Crippen LogP) is 2.74. The molecule has 0 spiro atoms. The number of carbonyl (C=O) groups is 3. The van der Waals surface area contributed by atoms with Crippen LogP contribution in [0.3, 0.4) is 0 Å². The van der Waals surface area contributed by atoms with Crippen LogP contribution < -0.4 is 5.32 Å². The first-order chi connectivity index (χ1) is 13.1. The minimum Gasteiger partial charge on any atom is -0.467 e. The average Bonchev–Trinajstić information content (AvgIpc) is 3.40. The van der Waals surface area contributed by atoms with Crippen molar-refractivity contribution in [2.24, 2.45) is 0 Å². The Hall–Kier alpha value is -3.33. The first kappa shape index (κ1) is 17.1. The van der Waals surface area contributed by atoms with Gasteiger partial charge in [0.25, 0.3) is 17.7 Å². The fraction of sp³-hybridized carbons (Fsp3) is 0.167. The van der Waals surface area contributed by atoms with E-state index in [1.54, 1.807) is 12.1 Å². The number of nitrogens with zero attached hydrogens (tertiary/aromatic N) is 3. The monoisotopic (exact) mass is 382 g/mol. The summed E-state index contributed by atoms with van der Waals surface area (Å²) in [6, 6.07) is 7.80. The zero-order chi connectivity index (χ0) is 19.0. The topological polar surface area (TPSA) is 105 Å². The first-order valence-electron chi connectivity index (χ1n) is 8.23. The molecule has 0 bridgehead atoms. The van der Waals surface area contributed by atoms with Crippen LogP contribution in [0.25, 0.3) is 0 Å². The van der Waals surface area contributed by atoms with Crippen LogP contribution in [0.1, 0.15) is 48.8 Å². The minimum absolute atomic E-state index is 0.0471. The number of nitrogens with one attached hydrogen (secondary N) is 1. The van der Waals surface area contributed by atoms with Crippen LogP contribution in [0.2, 0.25) is 0 Å². The second kappa shape index (κ2) is 6.76. The van der Waals surface area contributed by atoms with E-state index in [9.17, 15) is 14.4 Å². The number of amides is 3. The number of carbonyl (C=O) groups excluding carboxylic acids is 3. The Morgan fingerprint density at radius 3 is 2.70 bits per heavy atom. The van der Waals surface area contributed by atoms with E-state index < -0.39 is 17.7 Å². The van der Waals surface area contributed by atoms with Gasteiger partial charge in [-0.05, 0) is 36.8 Å². The quantitative estimate of drug-likeness (QED) is 0.680. The van der Waals surface area contributed by atoms with E-state index in [0.29, 0.717) is 10.9 Å². The molecule has 9 heteroatoms. The second-order valence-corrected chi connectivity index (χ2v) is 6.91. The average molecular weight is 382 g/mol. The summed E-state index contributed by atoms with van der Waals surface area (Å²) < 4.78 is 5.21. The van der Waals surface area contributed by atoms with Crippen molar-refractivity contribution >= 4 is 34.2 Å². The Bertz CT molecular complexity index is 1040. The van der Waals surface area contributed by atoms with Gasteiger partial charge in [-0.1, -0.05) is 18.3 Å². The Labute approximate surface area is 157 Å². The Balaban J connectivity index is 1.56. The molecule has 2 aromatic heterocycles. The van der Waals surface area contributed by atoms with Crippen LogP contribution in [0, 0.1) is 0 Å². The van der Waals surface area contributed by atoms with Gasteiger partial charge in [0.1, 0.15) is 10.8 Å². The summed E-state index contributed by atoms with van der Waals surface area (Å²) in [7, 11) is 0. The number of aromatic nitrogens is 2. The summed E-state index contributed by atoms with van der Waals surface area (Å²) in [4.78, 5) is 38.6. The van der Waals surface area contributed by atoms with Crippen LogP contribution in [-0.2, 0) is 13.0 Å². The van der Waals surface area contributed by atoms with Crippen molar-refractivity contribution in [2.75, 3.05) is 5.32 Å². The molecule has 0 unspecified atom stereocenters. The lowest BCUT2D eigenvalue weighted by Crippen LogP contribution is -2.28. The Morgan fingerprint density at radius 1 is 1.19 bits per heavy atom. The molecule has 0 fully saturated rings. The Morgan fingerprint density at radius 2 is 2.00 bits per heavy atom.